The molecule has 0 saturated carbocycles. The van der Waals surface area contributed by atoms with E-state index < -0.39 is 0 Å². The molecule has 2 aliphatic rings. The molecule has 2 fully saturated rings. The first-order valence-electron chi connectivity index (χ1n) is 9.92. The number of piperazine rings is 1. The minimum absolute atomic E-state index is 0.520. The molecule has 4 rings (SSSR count). The van der Waals surface area contributed by atoms with Crippen molar-refractivity contribution in [2.45, 2.75) is 25.9 Å². The van der Waals surface area contributed by atoms with E-state index >= 15 is 0 Å². The fourth-order valence-corrected chi connectivity index (χ4v) is 5.17. The lowest BCUT2D eigenvalue weighted by atomic mass is 10.1. The van der Waals surface area contributed by atoms with Gasteiger partial charge >= 0.3 is 0 Å². The van der Waals surface area contributed by atoms with E-state index in [1.54, 1.807) is 0 Å². The van der Waals surface area contributed by atoms with Crippen LogP contribution in [0.1, 0.15) is 19.4 Å². The summed E-state index contributed by atoms with van der Waals surface area (Å²) in [4.78, 5) is 6.48. The molecule has 2 aromatic rings. The molecule has 2 heterocycles. The van der Waals surface area contributed by atoms with E-state index in [0.717, 1.165) is 31.9 Å². The van der Waals surface area contributed by atoms with Crippen molar-refractivity contribution in [1.82, 2.24) is 5.32 Å². The SMILES string of the molecule is CC1CN(c2ccccc2C=C2CN(c3ccccc3)CCS2)CC(C)N1. The van der Waals surface area contributed by atoms with Gasteiger partial charge in [-0.15, -0.1) is 11.8 Å². The van der Waals surface area contributed by atoms with Gasteiger partial charge in [-0.05, 0) is 43.7 Å². The predicted molar refractivity (Wildman–Crippen MR) is 120 cm³/mol. The van der Waals surface area contributed by atoms with Crippen molar-refractivity contribution < 1.29 is 0 Å². The molecule has 2 atom stereocenters. The number of hydrogen-bond acceptors (Lipinski definition) is 4. The molecule has 0 amide bonds. The Balaban J connectivity index is 1.57. The molecule has 2 unspecified atom stereocenters. The minimum atomic E-state index is 0.520. The zero-order chi connectivity index (χ0) is 18.6. The summed E-state index contributed by atoms with van der Waals surface area (Å²) in [5.41, 5.74) is 4.03. The Labute approximate surface area is 167 Å². The van der Waals surface area contributed by atoms with Crippen LogP contribution in [0.25, 0.3) is 6.08 Å². The summed E-state index contributed by atoms with van der Waals surface area (Å²) >= 11 is 2.00. The van der Waals surface area contributed by atoms with Gasteiger partial charge in [-0.25, -0.2) is 0 Å². The van der Waals surface area contributed by atoms with Crippen molar-refractivity contribution in [2.75, 3.05) is 41.7 Å². The summed E-state index contributed by atoms with van der Waals surface area (Å²) < 4.78 is 0. The Morgan fingerprint density at radius 3 is 2.41 bits per heavy atom. The van der Waals surface area contributed by atoms with E-state index in [2.05, 4.69) is 89.6 Å². The van der Waals surface area contributed by atoms with Gasteiger partial charge in [0.25, 0.3) is 0 Å². The van der Waals surface area contributed by atoms with Gasteiger partial charge in [0.15, 0.2) is 0 Å². The highest BCUT2D eigenvalue weighted by Crippen LogP contribution is 2.31. The predicted octanol–water partition coefficient (Wildman–Crippen LogP) is 4.47. The van der Waals surface area contributed by atoms with Crippen LogP contribution in [0.5, 0.6) is 0 Å². The zero-order valence-corrected chi connectivity index (χ0v) is 17.1. The van der Waals surface area contributed by atoms with Crippen molar-refractivity contribution >= 4 is 29.2 Å². The first-order valence-corrected chi connectivity index (χ1v) is 10.9. The summed E-state index contributed by atoms with van der Waals surface area (Å²) in [7, 11) is 0. The van der Waals surface area contributed by atoms with Crippen LogP contribution in [0.3, 0.4) is 0 Å². The molecule has 0 spiro atoms. The van der Waals surface area contributed by atoms with Gasteiger partial charge in [0.05, 0.1) is 0 Å². The molecule has 2 aliphatic heterocycles. The second-order valence-corrected chi connectivity index (χ2v) is 8.87. The highest BCUT2D eigenvalue weighted by Gasteiger charge is 2.23. The maximum Gasteiger partial charge on any atom is 0.0489 e. The van der Waals surface area contributed by atoms with E-state index in [1.165, 1.54) is 21.8 Å². The fraction of sp³-hybridized carbons (Fsp3) is 0.391. The molecular weight excluding hydrogens is 350 g/mol. The zero-order valence-electron chi connectivity index (χ0n) is 16.3. The molecule has 3 nitrogen and oxygen atoms in total. The number of para-hydroxylation sites is 2. The second kappa shape index (κ2) is 8.41. The summed E-state index contributed by atoms with van der Waals surface area (Å²) in [5, 5.41) is 3.64. The summed E-state index contributed by atoms with van der Waals surface area (Å²) in [6.45, 7) is 8.79. The molecule has 2 saturated heterocycles. The molecule has 27 heavy (non-hydrogen) atoms. The van der Waals surface area contributed by atoms with Crippen molar-refractivity contribution in [3.63, 3.8) is 0 Å². The van der Waals surface area contributed by atoms with Gasteiger partial charge in [0.2, 0.25) is 0 Å². The number of rotatable bonds is 3. The van der Waals surface area contributed by atoms with Gasteiger partial charge in [0.1, 0.15) is 0 Å². The average molecular weight is 380 g/mol. The topological polar surface area (TPSA) is 18.5 Å². The molecule has 0 aromatic heterocycles. The minimum Gasteiger partial charge on any atom is -0.368 e. The molecule has 0 aliphatic carbocycles. The number of nitrogens with zero attached hydrogens (tertiary/aromatic N) is 2. The first-order chi connectivity index (χ1) is 13.2. The van der Waals surface area contributed by atoms with Crippen LogP contribution in [-0.4, -0.2) is 44.0 Å². The normalized spacial score (nSPS) is 25.0. The molecule has 0 bridgehead atoms. The van der Waals surface area contributed by atoms with E-state index in [9.17, 15) is 0 Å². The lowest BCUT2D eigenvalue weighted by molar-refractivity contribution is 0.407. The Morgan fingerprint density at radius 2 is 1.63 bits per heavy atom. The maximum absolute atomic E-state index is 3.64. The third-order valence-corrected chi connectivity index (χ3v) is 6.27. The first kappa shape index (κ1) is 18.5. The highest BCUT2D eigenvalue weighted by atomic mass is 32.2. The van der Waals surface area contributed by atoms with Crippen LogP contribution in [0.4, 0.5) is 11.4 Å². The quantitative estimate of drug-likeness (QED) is 0.848. The van der Waals surface area contributed by atoms with E-state index in [1.807, 2.05) is 11.8 Å². The number of thioether (sulfide) groups is 1. The van der Waals surface area contributed by atoms with Crippen LogP contribution in [0, 0.1) is 0 Å². The third kappa shape index (κ3) is 4.50. The second-order valence-electron chi connectivity index (χ2n) is 7.65. The summed E-state index contributed by atoms with van der Waals surface area (Å²) in [5.74, 6) is 1.14. The summed E-state index contributed by atoms with van der Waals surface area (Å²) in [6, 6.07) is 20.7. The summed E-state index contributed by atoms with van der Waals surface area (Å²) in [6.07, 6.45) is 2.41. The monoisotopic (exact) mass is 379 g/mol. The van der Waals surface area contributed by atoms with Gasteiger partial charge in [-0.2, -0.15) is 0 Å². The van der Waals surface area contributed by atoms with E-state index in [4.69, 9.17) is 0 Å². The number of anilines is 2. The molecule has 0 radical (unpaired) electrons. The third-order valence-electron chi connectivity index (χ3n) is 5.27. The van der Waals surface area contributed by atoms with Crippen LogP contribution in [0.2, 0.25) is 0 Å². The Kier molecular flexibility index (Phi) is 5.74. The van der Waals surface area contributed by atoms with Crippen LogP contribution < -0.4 is 15.1 Å². The lowest BCUT2D eigenvalue weighted by Gasteiger charge is -2.38. The molecule has 1 N–H and O–H groups in total. The van der Waals surface area contributed by atoms with Gasteiger partial charge in [-0.1, -0.05) is 36.4 Å². The Bertz CT molecular complexity index is 779. The molecule has 142 valence electrons. The molecule has 4 heteroatoms. The fourth-order valence-electron chi connectivity index (χ4n) is 4.14. The van der Waals surface area contributed by atoms with Crippen LogP contribution in [-0.2, 0) is 0 Å². The Morgan fingerprint density at radius 1 is 0.926 bits per heavy atom. The smallest absolute Gasteiger partial charge is 0.0489 e. The number of benzene rings is 2. The molecular formula is C23H29N3S. The number of hydrogen-bond donors (Lipinski definition) is 1. The number of nitrogens with one attached hydrogen (secondary N) is 1. The van der Waals surface area contributed by atoms with Crippen LogP contribution in [0.15, 0.2) is 59.5 Å². The lowest BCUT2D eigenvalue weighted by Crippen LogP contribution is -2.54. The van der Waals surface area contributed by atoms with Crippen molar-refractivity contribution in [2.24, 2.45) is 0 Å². The van der Waals surface area contributed by atoms with Crippen molar-refractivity contribution in [3.8, 4) is 0 Å². The van der Waals surface area contributed by atoms with Crippen LogP contribution >= 0.6 is 11.8 Å². The van der Waals surface area contributed by atoms with Crippen molar-refractivity contribution in [1.29, 1.82) is 0 Å². The van der Waals surface area contributed by atoms with Crippen molar-refractivity contribution in [3.05, 3.63) is 65.1 Å². The van der Waals surface area contributed by atoms with Gasteiger partial charge in [-0.3, -0.25) is 0 Å². The van der Waals surface area contributed by atoms with Gasteiger partial charge in [0, 0.05) is 60.3 Å². The Hall–Kier alpha value is -1.91. The highest BCUT2D eigenvalue weighted by molar-refractivity contribution is 8.03. The van der Waals surface area contributed by atoms with E-state index in [-0.39, 0.29) is 0 Å². The average Bonchev–Trinajstić information content (AvgIpc) is 2.69. The van der Waals surface area contributed by atoms with E-state index in [0.29, 0.717) is 12.1 Å². The molecule has 2 aromatic carbocycles. The largest absolute Gasteiger partial charge is 0.368 e. The maximum atomic E-state index is 3.64. The van der Waals surface area contributed by atoms with Gasteiger partial charge < -0.3 is 15.1 Å². The standard InChI is InChI=1S/C23H29N3S/c1-18-15-26(16-19(2)24-18)23-11-7-6-8-20(23)14-22-17-25(12-13-27-22)21-9-4-3-5-10-21/h3-11,14,18-19,24H,12-13,15-17H2,1-2H3.